The van der Waals surface area contributed by atoms with Crippen molar-refractivity contribution in [2.24, 2.45) is 5.92 Å². The number of ether oxygens (including phenoxy) is 2. The molecule has 1 aromatic rings. The number of esters is 2. The lowest BCUT2D eigenvalue weighted by molar-refractivity contribution is -0.141. The standard InChI is InChI=1S/C20H24Cl2N2O4S/c1-10-13(18(25)27-3)15(16-17(21)24-20(22)29-16)14(11(2)23-10)19(26)28-9-12-7-5-4-6-8-12/h12,15,23H,4-9H2,1-3H3. The molecule has 0 radical (unpaired) electrons. The number of halogens is 2. The Morgan fingerprint density at radius 1 is 1.10 bits per heavy atom. The van der Waals surface area contributed by atoms with Gasteiger partial charge in [-0.3, -0.25) is 0 Å². The normalized spacial score (nSPS) is 20.5. The van der Waals surface area contributed by atoms with E-state index in [2.05, 4.69) is 10.3 Å². The third-order valence-corrected chi connectivity index (χ3v) is 7.03. The van der Waals surface area contributed by atoms with Crippen molar-refractivity contribution in [1.82, 2.24) is 10.3 Å². The van der Waals surface area contributed by atoms with Gasteiger partial charge in [-0.25, -0.2) is 14.6 Å². The second kappa shape index (κ2) is 9.49. The van der Waals surface area contributed by atoms with Crippen LogP contribution < -0.4 is 5.32 Å². The van der Waals surface area contributed by atoms with Crippen LogP contribution in [0.15, 0.2) is 22.5 Å². The second-order valence-electron chi connectivity index (χ2n) is 7.35. The fourth-order valence-corrected chi connectivity index (χ4v) is 5.54. The maximum Gasteiger partial charge on any atom is 0.336 e. The summed E-state index contributed by atoms with van der Waals surface area (Å²) in [6.07, 6.45) is 5.69. The highest BCUT2D eigenvalue weighted by atomic mass is 35.5. The minimum absolute atomic E-state index is 0.159. The first-order valence-corrected chi connectivity index (χ1v) is 11.2. The molecule has 1 saturated carbocycles. The summed E-state index contributed by atoms with van der Waals surface area (Å²) in [4.78, 5) is 30.3. The van der Waals surface area contributed by atoms with Gasteiger partial charge in [0.2, 0.25) is 0 Å². The number of nitrogens with one attached hydrogen (secondary N) is 1. The van der Waals surface area contributed by atoms with E-state index < -0.39 is 17.9 Å². The van der Waals surface area contributed by atoms with Crippen molar-refractivity contribution in [1.29, 1.82) is 0 Å². The highest BCUT2D eigenvalue weighted by Gasteiger charge is 2.40. The van der Waals surface area contributed by atoms with Crippen LogP contribution in [0.25, 0.3) is 0 Å². The molecule has 1 aliphatic carbocycles. The number of carbonyl (C=O) groups excluding carboxylic acids is 2. The van der Waals surface area contributed by atoms with Crippen LogP contribution in [0.4, 0.5) is 0 Å². The highest BCUT2D eigenvalue weighted by Crippen LogP contribution is 2.45. The fraction of sp³-hybridized carbons (Fsp3) is 0.550. The second-order valence-corrected chi connectivity index (χ2v) is 9.32. The first kappa shape index (κ1) is 22.1. The van der Waals surface area contributed by atoms with Crippen LogP contribution in [0, 0.1) is 5.92 Å². The summed E-state index contributed by atoms with van der Waals surface area (Å²) in [5.41, 5.74) is 1.82. The Morgan fingerprint density at radius 3 is 2.28 bits per heavy atom. The van der Waals surface area contributed by atoms with Crippen LogP contribution in [0.1, 0.15) is 56.7 Å². The SMILES string of the molecule is COC(=O)C1=C(C)NC(C)=C(C(=O)OCC2CCCCC2)C1c1sc(Cl)nc1Cl. The topological polar surface area (TPSA) is 77.5 Å². The first-order chi connectivity index (χ1) is 13.8. The lowest BCUT2D eigenvalue weighted by Crippen LogP contribution is -2.32. The Bertz CT molecular complexity index is 872. The van der Waals surface area contributed by atoms with E-state index >= 15 is 0 Å². The van der Waals surface area contributed by atoms with Gasteiger partial charge < -0.3 is 14.8 Å². The number of aromatic nitrogens is 1. The summed E-state index contributed by atoms with van der Waals surface area (Å²) in [5.74, 6) is -1.40. The molecule has 0 amide bonds. The maximum atomic E-state index is 13.1. The predicted molar refractivity (Wildman–Crippen MR) is 113 cm³/mol. The van der Waals surface area contributed by atoms with Crippen molar-refractivity contribution in [2.75, 3.05) is 13.7 Å². The number of carbonyl (C=O) groups is 2. The third-order valence-electron chi connectivity index (χ3n) is 5.41. The van der Waals surface area contributed by atoms with Gasteiger partial charge in [-0.15, -0.1) is 11.3 Å². The van der Waals surface area contributed by atoms with Crippen molar-refractivity contribution >= 4 is 46.5 Å². The van der Waals surface area contributed by atoms with E-state index in [-0.39, 0.29) is 9.62 Å². The van der Waals surface area contributed by atoms with Crippen molar-refractivity contribution < 1.29 is 19.1 Å². The number of allylic oxidation sites excluding steroid dienone is 2. The molecule has 1 N–H and O–H groups in total. The quantitative estimate of drug-likeness (QED) is 0.626. The molecule has 1 atom stereocenters. The Balaban J connectivity index is 1.95. The molecule has 0 aromatic carbocycles. The molecule has 2 heterocycles. The summed E-state index contributed by atoms with van der Waals surface area (Å²) in [6.45, 7) is 3.90. The van der Waals surface area contributed by atoms with E-state index in [9.17, 15) is 9.59 Å². The number of dihydropyridines is 1. The zero-order valence-corrected chi connectivity index (χ0v) is 19.0. The van der Waals surface area contributed by atoms with E-state index in [1.54, 1.807) is 13.8 Å². The van der Waals surface area contributed by atoms with E-state index in [4.69, 9.17) is 32.7 Å². The summed E-state index contributed by atoms with van der Waals surface area (Å²) >= 11 is 13.5. The third kappa shape index (κ3) is 4.78. The van der Waals surface area contributed by atoms with Gasteiger partial charge in [0, 0.05) is 11.4 Å². The molecule has 1 aromatic heterocycles. The largest absolute Gasteiger partial charge is 0.466 e. The fourth-order valence-electron chi connectivity index (χ4n) is 4.00. The van der Waals surface area contributed by atoms with Gasteiger partial charge >= 0.3 is 11.9 Å². The summed E-state index contributed by atoms with van der Waals surface area (Å²) < 4.78 is 10.9. The van der Waals surface area contributed by atoms with E-state index in [0.29, 0.717) is 39.9 Å². The van der Waals surface area contributed by atoms with E-state index in [0.717, 1.165) is 37.0 Å². The van der Waals surface area contributed by atoms with Crippen LogP contribution in [0.3, 0.4) is 0 Å². The van der Waals surface area contributed by atoms with Gasteiger partial charge in [-0.05, 0) is 32.6 Å². The number of thiazole rings is 1. The minimum Gasteiger partial charge on any atom is -0.466 e. The molecule has 1 aliphatic heterocycles. The van der Waals surface area contributed by atoms with Crippen LogP contribution >= 0.6 is 34.5 Å². The molecule has 2 aliphatic rings. The average molecular weight is 459 g/mol. The Kier molecular flexibility index (Phi) is 7.24. The monoisotopic (exact) mass is 458 g/mol. The molecule has 1 fully saturated rings. The zero-order chi connectivity index (χ0) is 21.1. The van der Waals surface area contributed by atoms with Crippen molar-refractivity contribution in [3.05, 3.63) is 37.0 Å². The van der Waals surface area contributed by atoms with Gasteiger partial charge in [-0.2, -0.15) is 0 Å². The van der Waals surface area contributed by atoms with Crippen molar-refractivity contribution in [3.8, 4) is 0 Å². The van der Waals surface area contributed by atoms with Crippen molar-refractivity contribution in [3.63, 3.8) is 0 Å². The van der Waals surface area contributed by atoms with Gasteiger partial charge in [0.1, 0.15) is 5.15 Å². The molecule has 158 valence electrons. The Morgan fingerprint density at radius 2 is 1.72 bits per heavy atom. The number of nitrogens with zero attached hydrogens (tertiary/aromatic N) is 1. The molecule has 0 bridgehead atoms. The predicted octanol–water partition coefficient (Wildman–Crippen LogP) is 4.98. The summed E-state index contributed by atoms with van der Waals surface area (Å²) in [5, 5.41) is 3.26. The van der Waals surface area contributed by atoms with Crippen molar-refractivity contribution in [2.45, 2.75) is 51.9 Å². The van der Waals surface area contributed by atoms with Gasteiger partial charge in [0.25, 0.3) is 0 Å². The Labute approximate surface area is 184 Å². The average Bonchev–Trinajstić information content (AvgIpc) is 3.03. The number of hydrogen-bond donors (Lipinski definition) is 1. The minimum atomic E-state index is -0.750. The number of methoxy groups -OCH3 is 1. The molecular weight excluding hydrogens is 435 g/mol. The lowest BCUT2D eigenvalue weighted by Gasteiger charge is -2.30. The molecular formula is C20H24Cl2N2O4S. The van der Waals surface area contributed by atoms with Crippen LogP contribution in [0.2, 0.25) is 9.62 Å². The Hall–Kier alpha value is -1.57. The van der Waals surface area contributed by atoms with Crippen LogP contribution in [-0.2, 0) is 19.1 Å². The molecule has 1 unspecified atom stereocenters. The van der Waals surface area contributed by atoms with E-state index in [1.165, 1.54) is 13.5 Å². The summed E-state index contributed by atoms with van der Waals surface area (Å²) in [6, 6.07) is 0. The molecule has 9 heteroatoms. The molecule has 3 rings (SSSR count). The van der Waals surface area contributed by atoms with Crippen LogP contribution in [0.5, 0.6) is 0 Å². The van der Waals surface area contributed by atoms with Gasteiger partial charge in [-0.1, -0.05) is 42.5 Å². The van der Waals surface area contributed by atoms with Gasteiger partial charge in [0.15, 0.2) is 4.47 Å². The van der Waals surface area contributed by atoms with Gasteiger partial charge in [0.05, 0.1) is 35.7 Å². The zero-order valence-electron chi connectivity index (χ0n) is 16.6. The summed E-state index contributed by atoms with van der Waals surface area (Å²) in [7, 11) is 1.30. The number of hydrogen-bond acceptors (Lipinski definition) is 7. The molecule has 0 spiro atoms. The lowest BCUT2D eigenvalue weighted by atomic mass is 9.84. The maximum absolute atomic E-state index is 13.1. The number of rotatable bonds is 5. The van der Waals surface area contributed by atoms with Crippen LogP contribution in [-0.4, -0.2) is 30.6 Å². The molecule has 6 nitrogen and oxygen atoms in total. The highest BCUT2D eigenvalue weighted by molar-refractivity contribution is 7.16. The molecule has 29 heavy (non-hydrogen) atoms. The van der Waals surface area contributed by atoms with E-state index in [1.807, 2.05) is 0 Å². The first-order valence-electron chi connectivity index (χ1n) is 9.59. The molecule has 0 saturated heterocycles. The smallest absolute Gasteiger partial charge is 0.336 e.